The molecule has 1 fully saturated rings. The van der Waals surface area contributed by atoms with Crippen LogP contribution in [0.5, 0.6) is 5.75 Å². The van der Waals surface area contributed by atoms with E-state index in [4.69, 9.17) is 4.74 Å². The SMILES string of the molecule is CC(=O)c1c(C)n(-c2ccc(C)cc2)c2ccc(OC[C@@H](O)CN3CCCCCC3)cc12. The van der Waals surface area contributed by atoms with Gasteiger partial charge in [-0.2, -0.15) is 0 Å². The van der Waals surface area contributed by atoms with E-state index in [1.807, 2.05) is 25.1 Å². The molecule has 170 valence electrons. The lowest BCUT2D eigenvalue weighted by Gasteiger charge is -2.23. The van der Waals surface area contributed by atoms with Gasteiger partial charge in [-0.05, 0) is 77.0 Å². The number of β-amino-alcohol motifs (C(OH)–C–C–N with tert-alkyl or cyclic N) is 1. The van der Waals surface area contributed by atoms with Crippen molar-refractivity contribution in [2.45, 2.75) is 52.6 Å². The third-order valence-corrected chi connectivity index (χ3v) is 6.43. The second-order valence-corrected chi connectivity index (χ2v) is 9.05. The highest BCUT2D eigenvalue weighted by molar-refractivity contribution is 6.09. The fourth-order valence-corrected chi connectivity index (χ4v) is 4.82. The van der Waals surface area contributed by atoms with Crippen molar-refractivity contribution in [3.8, 4) is 11.4 Å². The Labute approximate surface area is 190 Å². The summed E-state index contributed by atoms with van der Waals surface area (Å²) in [5.41, 5.74) is 4.86. The van der Waals surface area contributed by atoms with Crippen molar-refractivity contribution < 1.29 is 14.6 Å². The van der Waals surface area contributed by atoms with Crippen LogP contribution in [0.4, 0.5) is 0 Å². The van der Waals surface area contributed by atoms with Crippen LogP contribution in [-0.2, 0) is 0 Å². The molecule has 0 unspecified atom stereocenters. The molecule has 1 saturated heterocycles. The normalized spacial score (nSPS) is 16.1. The molecule has 0 saturated carbocycles. The highest BCUT2D eigenvalue weighted by Gasteiger charge is 2.20. The lowest BCUT2D eigenvalue weighted by atomic mass is 10.1. The molecule has 0 bridgehead atoms. The molecule has 0 aliphatic carbocycles. The number of aliphatic hydroxyl groups is 1. The summed E-state index contributed by atoms with van der Waals surface area (Å²) >= 11 is 0. The first-order valence-electron chi connectivity index (χ1n) is 11.7. The molecular weight excluding hydrogens is 400 g/mol. The number of carbonyl (C=O) groups is 1. The van der Waals surface area contributed by atoms with Gasteiger partial charge in [0.2, 0.25) is 0 Å². The van der Waals surface area contributed by atoms with Crippen LogP contribution in [0.15, 0.2) is 42.5 Å². The molecule has 3 aromatic rings. The number of ketones is 1. The maximum atomic E-state index is 12.5. The van der Waals surface area contributed by atoms with Crippen molar-refractivity contribution in [3.63, 3.8) is 0 Å². The largest absolute Gasteiger partial charge is 0.491 e. The van der Waals surface area contributed by atoms with Gasteiger partial charge < -0.3 is 19.3 Å². The number of aryl methyl sites for hydroxylation is 1. The Kier molecular flexibility index (Phi) is 6.97. The Morgan fingerprint density at radius 2 is 1.72 bits per heavy atom. The fourth-order valence-electron chi connectivity index (χ4n) is 4.82. The second kappa shape index (κ2) is 9.88. The molecule has 0 amide bonds. The number of Topliss-reactive ketones (excluding diaryl/α,β-unsaturated/α-hetero) is 1. The summed E-state index contributed by atoms with van der Waals surface area (Å²) in [7, 11) is 0. The minimum atomic E-state index is -0.532. The summed E-state index contributed by atoms with van der Waals surface area (Å²) in [6.45, 7) is 8.66. The topological polar surface area (TPSA) is 54.7 Å². The molecule has 1 aliphatic rings. The van der Waals surface area contributed by atoms with Gasteiger partial charge in [0.15, 0.2) is 5.78 Å². The number of aromatic nitrogens is 1. The van der Waals surface area contributed by atoms with Gasteiger partial charge in [-0.25, -0.2) is 0 Å². The number of benzene rings is 2. The standard InChI is InChI=1S/C27H34N2O3/c1-19-8-10-22(11-9-19)29-20(2)27(21(3)30)25-16-24(12-13-26(25)29)32-18-23(31)17-28-14-6-4-5-7-15-28/h8-13,16,23,31H,4-7,14-15,17-18H2,1-3H3/t23-/m0/s1. The van der Waals surface area contributed by atoms with Crippen LogP contribution in [0.3, 0.4) is 0 Å². The van der Waals surface area contributed by atoms with Gasteiger partial charge in [0, 0.05) is 28.9 Å². The van der Waals surface area contributed by atoms with Crippen LogP contribution >= 0.6 is 0 Å². The molecule has 1 aliphatic heterocycles. The van der Waals surface area contributed by atoms with Crippen LogP contribution in [0.2, 0.25) is 0 Å². The van der Waals surface area contributed by atoms with Crippen molar-refractivity contribution in [2.75, 3.05) is 26.2 Å². The monoisotopic (exact) mass is 434 g/mol. The zero-order valence-electron chi connectivity index (χ0n) is 19.4. The van der Waals surface area contributed by atoms with Gasteiger partial charge in [0.05, 0.1) is 5.52 Å². The number of hydrogen-bond donors (Lipinski definition) is 1. The van der Waals surface area contributed by atoms with E-state index < -0.39 is 6.10 Å². The molecule has 2 aromatic carbocycles. The van der Waals surface area contributed by atoms with Crippen LogP contribution in [0.25, 0.3) is 16.6 Å². The Balaban J connectivity index is 1.56. The van der Waals surface area contributed by atoms with Gasteiger partial charge >= 0.3 is 0 Å². The number of fused-ring (bicyclic) bond motifs is 1. The number of aliphatic hydroxyl groups excluding tert-OH is 1. The van der Waals surface area contributed by atoms with Crippen LogP contribution in [-0.4, -0.2) is 52.7 Å². The van der Waals surface area contributed by atoms with E-state index >= 15 is 0 Å². The highest BCUT2D eigenvalue weighted by atomic mass is 16.5. The highest BCUT2D eigenvalue weighted by Crippen LogP contribution is 2.32. The molecular formula is C27H34N2O3. The van der Waals surface area contributed by atoms with Crippen molar-refractivity contribution in [3.05, 3.63) is 59.3 Å². The Morgan fingerprint density at radius 3 is 2.38 bits per heavy atom. The molecule has 5 nitrogen and oxygen atoms in total. The van der Waals surface area contributed by atoms with Crippen molar-refractivity contribution in [1.82, 2.24) is 9.47 Å². The predicted molar refractivity (Wildman–Crippen MR) is 129 cm³/mol. The summed E-state index contributed by atoms with van der Waals surface area (Å²) in [5, 5.41) is 11.4. The average molecular weight is 435 g/mol. The lowest BCUT2D eigenvalue weighted by Crippen LogP contribution is -2.36. The minimum absolute atomic E-state index is 0.0386. The van der Waals surface area contributed by atoms with E-state index in [0.29, 0.717) is 12.3 Å². The number of rotatable bonds is 7. The molecule has 2 heterocycles. The fraction of sp³-hybridized carbons (Fsp3) is 0.444. The summed E-state index contributed by atoms with van der Waals surface area (Å²) in [4.78, 5) is 14.8. The summed E-state index contributed by atoms with van der Waals surface area (Å²) in [6, 6.07) is 14.2. The maximum absolute atomic E-state index is 12.5. The van der Waals surface area contributed by atoms with E-state index in [1.165, 1.54) is 31.2 Å². The molecule has 1 atom stereocenters. The molecule has 4 rings (SSSR count). The van der Waals surface area contributed by atoms with Crippen molar-refractivity contribution in [1.29, 1.82) is 0 Å². The van der Waals surface area contributed by atoms with E-state index in [0.717, 1.165) is 40.9 Å². The van der Waals surface area contributed by atoms with Crippen LogP contribution < -0.4 is 4.74 Å². The molecule has 1 N–H and O–H groups in total. The molecule has 1 aromatic heterocycles. The molecule has 32 heavy (non-hydrogen) atoms. The first-order valence-corrected chi connectivity index (χ1v) is 11.7. The van der Waals surface area contributed by atoms with Crippen molar-refractivity contribution >= 4 is 16.7 Å². The first-order chi connectivity index (χ1) is 15.4. The van der Waals surface area contributed by atoms with Gasteiger partial charge in [-0.3, -0.25) is 4.79 Å². The second-order valence-electron chi connectivity index (χ2n) is 9.05. The molecule has 5 heteroatoms. The molecule has 0 radical (unpaired) electrons. The molecule has 0 spiro atoms. The maximum Gasteiger partial charge on any atom is 0.162 e. The summed E-state index contributed by atoms with van der Waals surface area (Å²) in [5.74, 6) is 0.715. The minimum Gasteiger partial charge on any atom is -0.491 e. The Bertz CT molecular complexity index is 1080. The Morgan fingerprint density at radius 1 is 1.03 bits per heavy atom. The third kappa shape index (κ3) is 4.89. The number of hydrogen-bond acceptors (Lipinski definition) is 4. The number of nitrogens with zero attached hydrogens (tertiary/aromatic N) is 2. The quantitative estimate of drug-likeness (QED) is 0.528. The van der Waals surface area contributed by atoms with Gasteiger partial charge in [0.25, 0.3) is 0 Å². The Hall–Kier alpha value is -2.63. The van der Waals surface area contributed by atoms with E-state index in [9.17, 15) is 9.90 Å². The third-order valence-electron chi connectivity index (χ3n) is 6.43. The van der Waals surface area contributed by atoms with Gasteiger partial charge in [-0.1, -0.05) is 30.5 Å². The van der Waals surface area contributed by atoms with E-state index in [-0.39, 0.29) is 12.4 Å². The smallest absolute Gasteiger partial charge is 0.162 e. The lowest BCUT2D eigenvalue weighted by molar-refractivity contribution is 0.0694. The summed E-state index contributed by atoms with van der Waals surface area (Å²) < 4.78 is 8.09. The number of carbonyl (C=O) groups excluding carboxylic acids is 1. The first kappa shape index (κ1) is 22.6. The number of ether oxygens (including phenoxy) is 1. The van der Waals surface area contributed by atoms with Gasteiger partial charge in [0.1, 0.15) is 18.5 Å². The van der Waals surface area contributed by atoms with Crippen LogP contribution in [0, 0.1) is 13.8 Å². The zero-order valence-corrected chi connectivity index (χ0v) is 19.4. The van der Waals surface area contributed by atoms with Gasteiger partial charge in [-0.15, -0.1) is 0 Å². The van der Waals surface area contributed by atoms with Crippen molar-refractivity contribution in [2.24, 2.45) is 0 Å². The number of likely N-dealkylation sites (tertiary alicyclic amines) is 1. The van der Waals surface area contributed by atoms with Crippen LogP contribution in [0.1, 0.15) is 54.2 Å². The summed E-state index contributed by atoms with van der Waals surface area (Å²) in [6.07, 6.45) is 4.44. The average Bonchev–Trinajstić information content (AvgIpc) is 2.89. The van der Waals surface area contributed by atoms with E-state index in [1.54, 1.807) is 6.92 Å². The van der Waals surface area contributed by atoms with E-state index in [2.05, 4.69) is 40.7 Å². The predicted octanol–water partition coefficient (Wildman–Crippen LogP) is 5.07. The zero-order chi connectivity index (χ0) is 22.7.